The maximum absolute atomic E-state index is 5.89. The van der Waals surface area contributed by atoms with Crippen molar-refractivity contribution >= 4 is 0 Å². The molecule has 0 aromatic heterocycles. The van der Waals surface area contributed by atoms with Crippen LogP contribution in [0.1, 0.15) is 39.7 Å². The van der Waals surface area contributed by atoms with Crippen LogP contribution in [-0.4, -0.2) is 37.7 Å². The van der Waals surface area contributed by atoms with Gasteiger partial charge in [0.2, 0.25) is 0 Å². The standard InChI is InChI=1S/C18H32N2O/c1-6-11-20(14-18(3,4)13-19)15(2)12-16-7-9-17(21-5)10-8-16/h7-10,15H,6,11-14,19H2,1-5H3. The van der Waals surface area contributed by atoms with Gasteiger partial charge in [0.15, 0.2) is 0 Å². The Morgan fingerprint density at radius 3 is 2.33 bits per heavy atom. The predicted octanol–water partition coefficient (Wildman–Crippen LogP) is 3.32. The van der Waals surface area contributed by atoms with Gasteiger partial charge in [0.05, 0.1) is 7.11 Å². The van der Waals surface area contributed by atoms with Crippen molar-refractivity contribution in [3.05, 3.63) is 29.8 Å². The third-order valence-corrected chi connectivity index (χ3v) is 4.01. The molecule has 0 fully saturated rings. The number of methoxy groups -OCH3 is 1. The Morgan fingerprint density at radius 2 is 1.86 bits per heavy atom. The summed E-state index contributed by atoms with van der Waals surface area (Å²) < 4.78 is 5.22. The number of nitrogens with zero attached hydrogens (tertiary/aromatic N) is 1. The largest absolute Gasteiger partial charge is 0.497 e. The van der Waals surface area contributed by atoms with E-state index < -0.39 is 0 Å². The molecule has 0 aliphatic rings. The second-order valence-corrected chi connectivity index (χ2v) is 6.74. The molecule has 3 nitrogen and oxygen atoms in total. The van der Waals surface area contributed by atoms with E-state index in [0.717, 1.165) is 31.8 Å². The van der Waals surface area contributed by atoms with Gasteiger partial charge in [-0.25, -0.2) is 0 Å². The smallest absolute Gasteiger partial charge is 0.118 e. The maximum Gasteiger partial charge on any atom is 0.118 e. The zero-order chi connectivity index (χ0) is 15.9. The highest BCUT2D eigenvalue weighted by Crippen LogP contribution is 2.20. The first-order valence-electron chi connectivity index (χ1n) is 7.99. The van der Waals surface area contributed by atoms with Crippen LogP contribution in [0.25, 0.3) is 0 Å². The molecule has 0 saturated carbocycles. The van der Waals surface area contributed by atoms with Crippen molar-refractivity contribution in [2.75, 3.05) is 26.7 Å². The van der Waals surface area contributed by atoms with Gasteiger partial charge in [-0.15, -0.1) is 0 Å². The van der Waals surface area contributed by atoms with Crippen LogP contribution in [-0.2, 0) is 6.42 Å². The molecule has 0 spiro atoms. The molecule has 0 aliphatic carbocycles. The highest BCUT2D eigenvalue weighted by molar-refractivity contribution is 5.27. The summed E-state index contributed by atoms with van der Waals surface area (Å²) in [6.07, 6.45) is 2.23. The van der Waals surface area contributed by atoms with Crippen LogP contribution in [0.15, 0.2) is 24.3 Å². The minimum atomic E-state index is 0.170. The van der Waals surface area contributed by atoms with Gasteiger partial charge in [0.1, 0.15) is 5.75 Å². The first-order valence-corrected chi connectivity index (χ1v) is 7.99. The molecule has 1 atom stereocenters. The number of hydrogen-bond donors (Lipinski definition) is 1. The highest BCUT2D eigenvalue weighted by Gasteiger charge is 2.23. The second kappa shape index (κ2) is 8.40. The Kier molecular flexibility index (Phi) is 7.20. The Bertz CT molecular complexity index is 400. The lowest BCUT2D eigenvalue weighted by Crippen LogP contribution is -2.44. The summed E-state index contributed by atoms with van der Waals surface area (Å²) in [4.78, 5) is 2.57. The Morgan fingerprint density at radius 1 is 1.24 bits per heavy atom. The van der Waals surface area contributed by atoms with Crippen molar-refractivity contribution in [3.63, 3.8) is 0 Å². The molecule has 120 valence electrons. The molecule has 0 heterocycles. The number of hydrogen-bond acceptors (Lipinski definition) is 3. The molecule has 2 N–H and O–H groups in total. The lowest BCUT2D eigenvalue weighted by molar-refractivity contribution is 0.140. The van der Waals surface area contributed by atoms with E-state index in [2.05, 4.69) is 44.7 Å². The summed E-state index contributed by atoms with van der Waals surface area (Å²) in [7, 11) is 1.70. The van der Waals surface area contributed by atoms with E-state index in [0.29, 0.717) is 6.04 Å². The van der Waals surface area contributed by atoms with Crippen LogP contribution in [0.3, 0.4) is 0 Å². The zero-order valence-corrected chi connectivity index (χ0v) is 14.4. The van der Waals surface area contributed by atoms with E-state index in [1.165, 1.54) is 12.0 Å². The average molecular weight is 292 g/mol. The highest BCUT2D eigenvalue weighted by atomic mass is 16.5. The fourth-order valence-electron chi connectivity index (χ4n) is 2.59. The molecule has 0 saturated heterocycles. The van der Waals surface area contributed by atoms with Gasteiger partial charge in [0.25, 0.3) is 0 Å². The minimum absolute atomic E-state index is 0.170. The van der Waals surface area contributed by atoms with E-state index in [9.17, 15) is 0 Å². The van der Waals surface area contributed by atoms with Gasteiger partial charge in [0, 0.05) is 12.6 Å². The summed E-state index contributed by atoms with van der Waals surface area (Å²) in [5, 5.41) is 0. The van der Waals surface area contributed by atoms with E-state index in [1.54, 1.807) is 7.11 Å². The molecule has 0 bridgehead atoms. The van der Waals surface area contributed by atoms with Gasteiger partial charge < -0.3 is 10.5 Å². The van der Waals surface area contributed by atoms with Gasteiger partial charge in [-0.3, -0.25) is 4.90 Å². The number of rotatable bonds is 9. The quantitative estimate of drug-likeness (QED) is 0.759. The normalized spacial score (nSPS) is 13.5. The summed E-state index contributed by atoms with van der Waals surface area (Å²) >= 11 is 0. The fourth-order valence-corrected chi connectivity index (χ4v) is 2.59. The summed E-state index contributed by atoms with van der Waals surface area (Å²) in [5.41, 5.74) is 7.42. The van der Waals surface area contributed by atoms with E-state index in [4.69, 9.17) is 10.5 Å². The summed E-state index contributed by atoms with van der Waals surface area (Å²) in [6.45, 7) is 11.9. The van der Waals surface area contributed by atoms with Crippen molar-refractivity contribution < 1.29 is 4.74 Å². The first kappa shape index (κ1) is 18.0. The molecule has 1 aromatic carbocycles. The molecule has 1 rings (SSSR count). The molecular weight excluding hydrogens is 260 g/mol. The minimum Gasteiger partial charge on any atom is -0.497 e. The van der Waals surface area contributed by atoms with Crippen LogP contribution in [0.2, 0.25) is 0 Å². The lowest BCUT2D eigenvalue weighted by atomic mass is 9.91. The number of nitrogens with two attached hydrogens (primary N) is 1. The second-order valence-electron chi connectivity index (χ2n) is 6.74. The average Bonchev–Trinajstić information content (AvgIpc) is 2.47. The molecule has 0 radical (unpaired) electrons. The monoisotopic (exact) mass is 292 g/mol. The van der Waals surface area contributed by atoms with Crippen LogP contribution in [0, 0.1) is 5.41 Å². The first-order chi connectivity index (χ1) is 9.91. The third kappa shape index (κ3) is 6.06. The molecule has 0 aliphatic heterocycles. The number of benzene rings is 1. The molecule has 21 heavy (non-hydrogen) atoms. The zero-order valence-electron chi connectivity index (χ0n) is 14.4. The molecule has 1 aromatic rings. The maximum atomic E-state index is 5.89. The van der Waals surface area contributed by atoms with Gasteiger partial charge in [-0.1, -0.05) is 32.9 Å². The fraction of sp³-hybridized carbons (Fsp3) is 0.667. The van der Waals surface area contributed by atoms with Crippen LogP contribution < -0.4 is 10.5 Å². The Hall–Kier alpha value is -1.06. The molecular formula is C18H32N2O. The summed E-state index contributed by atoms with van der Waals surface area (Å²) in [5.74, 6) is 0.918. The van der Waals surface area contributed by atoms with E-state index in [-0.39, 0.29) is 5.41 Å². The molecule has 0 amide bonds. The Labute approximate surface area is 130 Å². The topological polar surface area (TPSA) is 38.5 Å². The van der Waals surface area contributed by atoms with Crippen molar-refractivity contribution in [3.8, 4) is 5.75 Å². The van der Waals surface area contributed by atoms with Crippen molar-refractivity contribution in [2.24, 2.45) is 11.1 Å². The van der Waals surface area contributed by atoms with Crippen LogP contribution in [0.5, 0.6) is 5.75 Å². The van der Waals surface area contributed by atoms with Gasteiger partial charge in [-0.2, -0.15) is 0 Å². The van der Waals surface area contributed by atoms with Crippen molar-refractivity contribution in [1.29, 1.82) is 0 Å². The number of ether oxygens (including phenoxy) is 1. The van der Waals surface area contributed by atoms with E-state index >= 15 is 0 Å². The SMILES string of the molecule is CCCN(CC(C)(C)CN)C(C)Cc1ccc(OC)cc1. The molecule has 1 unspecified atom stereocenters. The van der Waals surface area contributed by atoms with Crippen molar-refractivity contribution in [2.45, 2.75) is 46.6 Å². The van der Waals surface area contributed by atoms with Crippen LogP contribution in [0.4, 0.5) is 0 Å². The third-order valence-electron chi connectivity index (χ3n) is 4.01. The Balaban J connectivity index is 2.68. The molecule has 3 heteroatoms. The van der Waals surface area contributed by atoms with Crippen molar-refractivity contribution in [1.82, 2.24) is 4.90 Å². The lowest BCUT2D eigenvalue weighted by Gasteiger charge is -2.36. The van der Waals surface area contributed by atoms with E-state index in [1.807, 2.05) is 12.1 Å². The van der Waals surface area contributed by atoms with Gasteiger partial charge >= 0.3 is 0 Å². The van der Waals surface area contributed by atoms with Gasteiger partial charge in [-0.05, 0) is 56.0 Å². The summed E-state index contributed by atoms with van der Waals surface area (Å²) in [6, 6.07) is 8.91. The predicted molar refractivity (Wildman–Crippen MR) is 90.9 cm³/mol. The van der Waals surface area contributed by atoms with Crippen LogP contribution >= 0.6 is 0 Å².